The second-order valence-electron chi connectivity index (χ2n) is 10.9. The van der Waals surface area contributed by atoms with Crippen molar-refractivity contribution in [2.45, 2.75) is 69.0 Å². The van der Waals surface area contributed by atoms with Crippen LogP contribution in [0.2, 0.25) is 5.02 Å². The fourth-order valence-electron chi connectivity index (χ4n) is 5.76. The maximum Gasteiger partial charge on any atom is 0.251 e. The van der Waals surface area contributed by atoms with Crippen molar-refractivity contribution in [3.8, 4) is 6.07 Å². The quantitative estimate of drug-likeness (QED) is 0.342. The average molecular weight is 624 g/mol. The van der Waals surface area contributed by atoms with E-state index in [0.29, 0.717) is 6.42 Å². The van der Waals surface area contributed by atoms with Gasteiger partial charge in [-0.2, -0.15) is 5.26 Å². The van der Waals surface area contributed by atoms with Crippen molar-refractivity contribution < 1.29 is 27.6 Å². The molecule has 2 atom stereocenters. The summed E-state index contributed by atoms with van der Waals surface area (Å²) >= 11 is 6.58. The molecule has 0 spiro atoms. The number of piperidine rings is 1. The number of nitriles is 1. The van der Waals surface area contributed by atoms with Crippen LogP contribution in [0.25, 0.3) is 0 Å². The van der Waals surface area contributed by atoms with Gasteiger partial charge in [-0.3, -0.25) is 24.2 Å². The van der Waals surface area contributed by atoms with Crippen molar-refractivity contribution in [1.29, 1.82) is 5.26 Å². The summed E-state index contributed by atoms with van der Waals surface area (Å²) in [5.41, 5.74) is 0.485. The SMILES string of the molecule is N#Cc1ccnc(N2C(=O)CCCC2C(=O)N(c2cccc(F)c2)[C@H](C(=O)NC2CCC(F)(F)CC2)c2ccccc2Cl)c1. The normalized spacial score (nSPS) is 19.1. The van der Waals surface area contributed by atoms with Gasteiger partial charge in [0.1, 0.15) is 23.7 Å². The summed E-state index contributed by atoms with van der Waals surface area (Å²) in [5, 5.41) is 12.4. The van der Waals surface area contributed by atoms with Crippen molar-refractivity contribution in [2.24, 2.45) is 0 Å². The van der Waals surface area contributed by atoms with Crippen molar-refractivity contribution in [3.63, 3.8) is 0 Å². The van der Waals surface area contributed by atoms with E-state index in [4.69, 9.17) is 11.6 Å². The van der Waals surface area contributed by atoms with Crippen LogP contribution in [0.3, 0.4) is 0 Å². The largest absolute Gasteiger partial charge is 0.351 e. The zero-order valence-corrected chi connectivity index (χ0v) is 24.3. The van der Waals surface area contributed by atoms with Gasteiger partial charge >= 0.3 is 0 Å². The van der Waals surface area contributed by atoms with E-state index in [1.54, 1.807) is 24.3 Å². The van der Waals surface area contributed by atoms with E-state index in [0.717, 1.165) is 11.0 Å². The van der Waals surface area contributed by atoms with Gasteiger partial charge in [0.15, 0.2) is 0 Å². The molecule has 1 aromatic heterocycles. The number of aromatic nitrogens is 1. The monoisotopic (exact) mass is 623 g/mol. The van der Waals surface area contributed by atoms with Gasteiger partial charge in [0.05, 0.1) is 11.6 Å². The van der Waals surface area contributed by atoms with Gasteiger partial charge in [-0.1, -0.05) is 35.9 Å². The summed E-state index contributed by atoms with van der Waals surface area (Å²) in [7, 11) is 0. The number of anilines is 2. The van der Waals surface area contributed by atoms with Crippen LogP contribution in [-0.4, -0.2) is 40.7 Å². The first-order valence-corrected chi connectivity index (χ1v) is 14.7. The highest BCUT2D eigenvalue weighted by atomic mass is 35.5. The van der Waals surface area contributed by atoms with E-state index in [9.17, 15) is 32.8 Å². The minimum atomic E-state index is -2.82. The Labute approximate surface area is 257 Å². The first kappa shape index (κ1) is 31.0. The third-order valence-electron chi connectivity index (χ3n) is 7.95. The standard InChI is InChI=1S/C32H29ClF3N5O3/c33-25-8-2-1-7-24(25)29(30(43)39-22-11-14-32(35,36)15-12-22)40(23-6-3-5-21(34)18-23)31(44)26-9-4-10-28(42)41(26)27-17-20(19-37)13-16-38-27/h1-3,5-8,13,16-18,22,26,29H,4,9-12,14-15H2,(H,39,43)/t26?,29-/m0/s1. The first-order valence-electron chi connectivity index (χ1n) is 14.3. The Kier molecular flexibility index (Phi) is 9.20. The smallest absolute Gasteiger partial charge is 0.251 e. The molecule has 3 amide bonds. The minimum Gasteiger partial charge on any atom is -0.351 e. The maximum absolute atomic E-state index is 14.7. The Morgan fingerprint density at radius 1 is 1.09 bits per heavy atom. The van der Waals surface area contributed by atoms with Gasteiger partial charge in [0, 0.05) is 47.8 Å². The summed E-state index contributed by atoms with van der Waals surface area (Å²) in [6.07, 6.45) is 1.33. The molecule has 0 bridgehead atoms. The summed E-state index contributed by atoms with van der Waals surface area (Å²) in [6.45, 7) is 0. The number of carbonyl (C=O) groups is 3. The molecular weight excluding hydrogens is 595 g/mol. The highest BCUT2D eigenvalue weighted by Gasteiger charge is 2.44. The molecule has 0 radical (unpaired) electrons. The van der Waals surface area contributed by atoms with Crippen LogP contribution in [-0.2, 0) is 14.4 Å². The van der Waals surface area contributed by atoms with Gasteiger partial charge in [-0.05, 0) is 62.1 Å². The number of carbonyl (C=O) groups excluding carboxylic acids is 3. The lowest BCUT2D eigenvalue weighted by atomic mass is 9.91. The van der Waals surface area contributed by atoms with E-state index < -0.39 is 60.4 Å². The van der Waals surface area contributed by atoms with Gasteiger partial charge < -0.3 is 5.32 Å². The molecule has 2 aromatic carbocycles. The zero-order chi connectivity index (χ0) is 31.4. The number of rotatable bonds is 7. The second-order valence-corrected chi connectivity index (χ2v) is 11.3. The Balaban J connectivity index is 1.61. The molecule has 1 saturated heterocycles. The van der Waals surface area contributed by atoms with Crippen molar-refractivity contribution in [1.82, 2.24) is 10.3 Å². The third-order valence-corrected chi connectivity index (χ3v) is 8.29. The van der Waals surface area contributed by atoms with E-state index in [2.05, 4.69) is 10.3 Å². The van der Waals surface area contributed by atoms with Gasteiger partial charge in [-0.15, -0.1) is 0 Å². The van der Waals surface area contributed by atoms with Crippen LogP contribution in [0.1, 0.15) is 62.1 Å². The van der Waals surface area contributed by atoms with Crippen LogP contribution < -0.4 is 15.1 Å². The van der Waals surface area contributed by atoms with Crippen molar-refractivity contribution >= 4 is 40.8 Å². The second kappa shape index (κ2) is 13.1. The van der Waals surface area contributed by atoms with E-state index in [1.807, 2.05) is 6.07 Å². The fraction of sp³-hybridized carbons (Fsp3) is 0.344. The van der Waals surface area contributed by atoms with Crippen LogP contribution in [0.15, 0.2) is 66.9 Å². The number of alkyl halides is 2. The Hall–Kier alpha value is -4.43. The molecule has 3 aromatic rings. The summed E-state index contributed by atoms with van der Waals surface area (Å²) in [4.78, 5) is 48.7. The number of nitrogens with one attached hydrogen (secondary N) is 1. The molecule has 44 heavy (non-hydrogen) atoms. The topological polar surface area (TPSA) is 106 Å². The predicted octanol–water partition coefficient (Wildman–Crippen LogP) is 6.10. The van der Waals surface area contributed by atoms with Gasteiger partial charge in [0.25, 0.3) is 5.91 Å². The lowest BCUT2D eigenvalue weighted by Crippen LogP contribution is -2.57. The number of nitrogens with zero attached hydrogens (tertiary/aromatic N) is 4. The van der Waals surface area contributed by atoms with Gasteiger partial charge in [0.2, 0.25) is 17.7 Å². The van der Waals surface area contributed by atoms with Gasteiger partial charge in [-0.25, -0.2) is 18.2 Å². The van der Waals surface area contributed by atoms with Crippen LogP contribution in [0.4, 0.5) is 24.7 Å². The molecule has 228 valence electrons. The zero-order valence-electron chi connectivity index (χ0n) is 23.6. The van der Waals surface area contributed by atoms with E-state index in [-0.39, 0.29) is 53.3 Å². The molecule has 2 heterocycles. The predicted molar refractivity (Wildman–Crippen MR) is 158 cm³/mol. The maximum atomic E-state index is 14.7. The van der Waals surface area contributed by atoms with Crippen molar-refractivity contribution in [3.05, 3.63) is 88.8 Å². The lowest BCUT2D eigenvalue weighted by Gasteiger charge is -2.40. The van der Waals surface area contributed by atoms with Crippen LogP contribution in [0, 0.1) is 17.1 Å². The van der Waals surface area contributed by atoms with E-state index >= 15 is 0 Å². The molecule has 1 aliphatic heterocycles. The number of hydrogen-bond acceptors (Lipinski definition) is 5. The molecule has 8 nitrogen and oxygen atoms in total. The molecule has 1 saturated carbocycles. The molecular formula is C32H29ClF3N5O3. The molecule has 2 fully saturated rings. The molecule has 1 N–H and O–H groups in total. The van der Waals surface area contributed by atoms with Crippen LogP contribution >= 0.6 is 11.6 Å². The molecule has 12 heteroatoms. The summed E-state index contributed by atoms with van der Waals surface area (Å²) in [5.74, 6) is -5.20. The first-order chi connectivity index (χ1) is 21.1. The highest BCUT2D eigenvalue weighted by molar-refractivity contribution is 6.31. The number of benzene rings is 2. The summed E-state index contributed by atoms with van der Waals surface area (Å²) in [6, 6.07) is 13.2. The minimum absolute atomic E-state index is 0.0296. The lowest BCUT2D eigenvalue weighted by molar-refractivity contribution is -0.130. The fourth-order valence-corrected chi connectivity index (χ4v) is 6.00. The Morgan fingerprint density at radius 2 is 1.84 bits per heavy atom. The van der Waals surface area contributed by atoms with E-state index in [1.165, 1.54) is 41.4 Å². The Bertz CT molecular complexity index is 1600. The summed E-state index contributed by atoms with van der Waals surface area (Å²) < 4.78 is 42.4. The number of amides is 3. The number of halogens is 4. The molecule has 1 unspecified atom stereocenters. The Morgan fingerprint density at radius 3 is 2.55 bits per heavy atom. The highest BCUT2D eigenvalue weighted by Crippen LogP contribution is 2.37. The number of pyridine rings is 1. The molecule has 2 aliphatic rings. The number of hydrogen-bond donors (Lipinski definition) is 1. The average Bonchev–Trinajstić information content (AvgIpc) is 3.01. The molecule has 1 aliphatic carbocycles. The van der Waals surface area contributed by atoms with Crippen LogP contribution in [0.5, 0.6) is 0 Å². The third kappa shape index (κ3) is 6.70. The molecule has 5 rings (SSSR count). The van der Waals surface area contributed by atoms with Crippen molar-refractivity contribution in [2.75, 3.05) is 9.80 Å².